The molecular formula is C15H19NO5. The largest absolute Gasteiger partial charge is 0.480 e. The van der Waals surface area contributed by atoms with Gasteiger partial charge in [-0.05, 0) is 18.4 Å². The summed E-state index contributed by atoms with van der Waals surface area (Å²) in [6.07, 6.45) is 0.702. The molecule has 0 aliphatic heterocycles. The fourth-order valence-corrected chi connectivity index (χ4v) is 1.79. The van der Waals surface area contributed by atoms with Gasteiger partial charge in [-0.3, -0.25) is 9.59 Å². The molecule has 1 rings (SSSR count). The minimum absolute atomic E-state index is 0.0130. The molecule has 2 N–H and O–H groups in total. The predicted octanol–water partition coefficient (Wildman–Crippen LogP) is 1.14. The summed E-state index contributed by atoms with van der Waals surface area (Å²) >= 11 is 0. The quantitative estimate of drug-likeness (QED) is 0.701. The molecule has 114 valence electrons. The Morgan fingerprint density at radius 2 is 1.86 bits per heavy atom. The van der Waals surface area contributed by atoms with E-state index in [0.29, 0.717) is 6.42 Å². The van der Waals surface area contributed by atoms with Gasteiger partial charge < -0.3 is 15.2 Å². The third-order valence-corrected chi connectivity index (χ3v) is 2.98. The van der Waals surface area contributed by atoms with Crippen molar-refractivity contribution in [3.05, 3.63) is 35.9 Å². The van der Waals surface area contributed by atoms with Gasteiger partial charge in [-0.1, -0.05) is 30.3 Å². The van der Waals surface area contributed by atoms with Crippen LogP contribution in [0.4, 0.5) is 0 Å². The molecule has 1 unspecified atom stereocenters. The Kier molecular flexibility index (Phi) is 6.94. The number of aliphatic carboxylic acids is 1. The average molecular weight is 293 g/mol. The molecule has 6 heteroatoms. The zero-order valence-electron chi connectivity index (χ0n) is 11.9. The van der Waals surface area contributed by atoms with Crippen molar-refractivity contribution in [1.82, 2.24) is 5.32 Å². The first-order valence-corrected chi connectivity index (χ1v) is 6.66. The number of nitrogens with one attached hydrogen (secondary N) is 1. The van der Waals surface area contributed by atoms with Crippen LogP contribution in [0.25, 0.3) is 0 Å². The number of hydrogen-bond donors (Lipinski definition) is 2. The first-order valence-electron chi connectivity index (χ1n) is 6.66. The summed E-state index contributed by atoms with van der Waals surface area (Å²) in [6, 6.07) is 8.37. The summed E-state index contributed by atoms with van der Waals surface area (Å²) in [5.74, 6) is -2.01. The van der Waals surface area contributed by atoms with Crippen LogP contribution in [0.15, 0.2) is 30.3 Å². The SMILES string of the molecule is COC(=O)CCC(NC(=O)CCc1ccccc1)C(=O)O. The van der Waals surface area contributed by atoms with Crippen molar-refractivity contribution in [2.45, 2.75) is 31.7 Å². The molecule has 0 radical (unpaired) electrons. The standard InChI is InChI=1S/C15H19NO5/c1-21-14(18)10-8-12(15(19)20)16-13(17)9-7-11-5-3-2-4-6-11/h2-6,12H,7-10H2,1H3,(H,16,17)(H,19,20). The molecule has 1 aromatic rings. The Bertz CT molecular complexity index is 486. The number of carboxylic acids is 1. The molecule has 0 fully saturated rings. The zero-order valence-corrected chi connectivity index (χ0v) is 11.9. The van der Waals surface area contributed by atoms with Crippen molar-refractivity contribution in [3.63, 3.8) is 0 Å². The maximum Gasteiger partial charge on any atom is 0.326 e. The van der Waals surface area contributed by atoms with E-state index in [1.807, 2.05) is 30.3 Å². The van der Waals surface area contributed by atoms with E-state index in [1.54, 1.807) is 0 Å². The van der Waals surface area contributed by atoms with E-state index in [-0.39, 0.29) is 25.2 Å². The van der Waals surface area contributed by atoms with E-state index in [2.05, 4.69) is 10.1 Å². The second-order valence-corrected chi connectivity index (χ2v) is 4.56. The molecule has 21 heavy (non-hydrogen) atoms. The lowest BCUT2D eigenvalue weighted by atomic mass is 10.1. The molecule has 0 aliphatic rings. The summed E-state index contributed by atoms with van der Waals surface area (Å²) in [5, 5.41) is 11.4. The lowest BCUT2D eigenvalue weighted by molar-refractivity contribution is -0.144. The Balaban J connectivity index is 2.41. The topological polar surface area (TPSA) is 92.7 Å². The molecule has 1 amide bonds. The van der Waals surface area contributed by atoms with Gasteiger partial charge in [0.25, 0.3) is 0 Å². The highest BCUT2D eigenvalue weighted by atomic mass is 16.5. The van der Waals surface area contributed by atoms with Gasteiger partial charge in [0, 0.05) is 12.8 Å². The van der Waals surface area contributed by atoms with Crippen LogP contribution < -0.4 is 5.32 Å². The molecule has 0 spiro atoms. The molecule has 1 atom stereocenters. The number of hydrogen-bond acceptors (Lipinski definition) is 4. The number of esters is 1. The van der Waals surface area contributed by atoms with Gasteiger partial charge in [-0.25, -0.2) is 4.79 Å². The van der Waals surface area contributed by atoms with Crippen molar-refractivity contribution in [3.8, 4) is 0 Å². The number of rotatable bonds is 8. The van der Waals surface area contributed by atoms with Gasteiger partial charge in [0.05, 0.1) is 7.11 Å². The number of amides is 1. The van der Waals surface area contributed by atoms with Gasteiger partial charge in [0.1, 0.15) is 6.04 Å². The fraction of sp³-hybridized carbons (Fsp3) is 0.400. The number of ether oxygens (including phenoxy) is 1. The predicted molar refractivity (Wildman–Crippen MR) is 75.6 cm³/mol. The van der Waals surface area contributed by atoms with Crippen LogP contribution in [0, 0.1) is 0 Å². The maximum atomic E-state index is 11.8. The van der Waals surface area contributed by atoms with E-state index >= 15 is 0 Å². The number of methoxy groups -OCH3 is 1. The van der Waals surface area contributed by atoms with E-state index in [4.69, 9.17) is 5.11 Å². The smallest absolute Gasteiger partial charge is 0.326 e. The molecule has 0 heterocycles. The normalized spacial score (nSPS) is 11.5. The Labute approximate surface area is 123 Å². The number of aryl methyl sites for hydroxylation is 1. The molecule has 0 saturated carbocycles. The van der Waals surface area contributed by atoms with E-state index in [1.165, 1.54) is 7.11 Å². The Hall–Kier alpha value is -2.37. The van der Waals surface area contributed by atoms with Crippen LogP contribution in [-0.2, 0) is 25.5 Å². The zero-order chi connectivity index (χ0) is 15.7. The highest BCUT2D eigenvalue weighted by Crippen LogP contribution is 2.04. The van der Waals surface area contributed by atoms with Crippen LogP contribution >= 0.6 is 0 Å². The van der Waals surface area contributed by atoms with E-state index in [0.717, 1.165) is 5.56 Å². The van der Waals surface area contributed by atoms with Crippen molar-refractivity contribution in [1.29, 1.82) is 0 Å². The van der Waals surface area contributed by atoms with Crippen molar-refractivity contribution < 1.29 is 24.2 Å². The monoisotopic (exact) mass is 293 g/mol. The minimum atomic E-state index is -1.16. The number of carboxylic acid groups (broad SMARTS) is 1. The summed E-state index contributed by atoms with van der Waals surface area (Å²) in [6.45, 7) is 0. The van der Waals surface area contributed by atoms with Gasteiger partial charge in [-0.15, -0.1) is 0 Å². The second-order valence-electron chi connectivity index (χ2n) is 4.56. The summed E-state index contributed by atoms with van der Waals surface area (Å²) in [4.78, 5) is 33.8. The highest BCUT2D eigenvalue weighted by Gasteiger charge is 2.20. The molecule has 0 aromatic heterocycles. The number of carbonyl (C=O) groups excluding carboxylic acids is 2. The minimum Gasteiger partial charge on any atom is -0.480 e. The highest BCUT2D eigenvalue weighted by molar-refractivity contribution is 5.84. The molecule has 0 saturated heterocycles. The maximum absolute atomic E-state index is 11.8. The third-order valence-electron chi connectivity index (χ3n) is 2.98. The van der Waals surface area contributed by atoms with Gasteiger partial charge in [0.2, 0.25) is 5.91 Å². The summed E-state index contributed by atoms with van der Waals surface area (Å²) < 4.78 is 4.45. The van der Waals surface area contributed by atoms with Crippen LogP contribution in [0.5, 0.6) is 0 Å². The number of carbonyl (C=O) groups is 3. The van der Waals surface area contributed by atoms with Crippen LogP contribution in [-0.4, -0.2) is 36.1 Å². The Morgan fingerprint density at radius 3 is 2.43 bits per heavy atom. The first kappa shape index (κ1) is 16.7. The van der Waals surface area contributed by atoms with E-state index in [9.17, 15) is 14.4 Å². The van der Waals surface area contributed by atoms with Crippen molar-refractivity contribution in [2.75, 3.05) is 7.11 Å². The van der Waals surface area contributed by atoms with Crippen LogP contribution in [0.2, 0.25) is 0 Å². The van der Waals surface area contributed by atoms with Crippen LogP contribution in [0.3, 0.4) is 0 Å². The molecule has 1 aromatic carbocycles. The van der Waals surface area contributed by atoms with Gasteiger partial charge >= 0.3 is 11.9 Å². The molecule has 0 aliphatic carbocycles. The summed E-state index contributed by atoms with van der Waals surface area (Å²) in [7, 11) is 1.23. The summed E-state index contributed by atoms with van der Waals surface area (Å²) in [5.41, 5.74) is 1.01. The molecule has 0 bridgehead atoms. The van der Waals surface area contributed by atoms with Crippen molar-refractivity contribution in [2.24, 2.45) is 0 Å². The lowest BCUT2D eigenvalue weighted by Crippen LogP contribution is -2.41. The van der Waals surface area contributed by atoms with Crippen LogP contribution in [0.1, 0.15) is 24.8 Å². The van der Waals surface area contributed by atoms with Crippen molar-refractivity contribution >= 4 is 17.8 Å². The molecular weight excluding hydrogens is 274 g/mol. The number of benzene rings is 1. The van der Waals surface area contributed by atoms with Gasteiger partial charge in [-0.2, -0.15) is 0 Å². The average Bonchev–Trinajstić information content (AvgIpc) is 2.49. The Morgan fingerprint density at radius 1 is 1.19 bits per heavy atom. The van der Waals surface area contributed by atoms with Gasteiger partial charge in [0.15, 0.2) is 0 Å². The van der Waals surface area contributed by atoms with E-state index < -0.39 is 18.0 Å². The lowest BCUT2D eigenvalue weighted by Gasteiger charge is -2.13. The first-order chi connectivity index (χ1) is 10.0. The second kappa shape index (κ2) is 8.73. The molecule has 6 nitrogen and oxygen atoms in total. The third kappa shape index (κ3) is 6.56. The fourth-order valence-electron chi connectivity index (χ4n) is 1.79.